The van der Waals surface area contributed by atoms with Gasteiger partial charge in [0.05, 0.1) is 6.61 Å². The summed E-state index contributed by atoms with van der Waals surface area (Å²) in [6.07, 6.45) is 4.94. The van der Waals surface area contributed by atoms with Gasteiger partial charge in [-0.2, -0.15) is 13.2 Å². The molecule has 1 aliphatic carbocycles. The number of ether oxygens (including phenoxy) is 1. The summed E-state index contributed by atoms with van der Waals surface area (Å²) in [6, 6.07) is -0.698. The van der Waals surface area contributed by atoms with Crippen LogP contribution in [0.5, 0.6) is 0 Å². The molecule has 2 aliphatic rings. The molecule has 2 fully saturated rings. The van der Waals surface area contributed by atoms with E-state index in [1.54, 1.807) is 26.0 Å². The Morgan fingerprint density at radius 2 is 1.73 bits per heavy atom. The highest BCUT2D eigenvalue weighted by Gasteiger charge is 2.58. The van der Waals surface area contributed by atoms with Crippen LogP contribution in [-0.4, -0.2) is 61.8 Å². The highest BCUT2D eigenvalue weighted by molar-refractivity contribution is 6.74. The van der Waals surface area contributed by atoms with Crippen LogP contribution in [0.3, 0.4) is 0 Å². The van der Waals surface area contributed by atoms with E-state index in [9.17, 15) is 27.6 Å². The van der Waals surface area contributed by atoms with E-state index < -0.39 is 38.0 Å². The molecule has 250 valence electrons. The van der Waals surface area contributed by atoms with Gasteiger partial charge in [0.15, 0.2) is 14.1 Å². The van der Waals surface area contributed by atoms with E-state index in [0.29, 0.717) is 62.2 Å². The third kappa shape index (κ3) is 9.79. The largest absolute Gasteiger partial charge is 0.471 e. The van der Waals surface area contributed by atoms with Crippen molar-refractivity contribution in [3.8, 4) is 0 Å². The summed E-state index contributed by atoms with van der Waals surface area (Å²) in [5, 5.41) is 0.443. The molecule has 0 bridgehead atoms. The number of halogens is 4. The molecular formula is C33H51ClF3NO5Si. The van der Waals surface area contributed by atoms with Gasteiger partial charge < -0.3 is 14.1 Å². The molecular weight excluding hydrogens is 611 g/mol. The Morgan fingerprint density at radius 3 is 2.30 bits per heavy atom. The van der Waals surface area contributed by atoms with Crippen molar-refractivity contribution in [2.75, 3.05) is 13.2 Å². The first kappa shape index (κ1) is 38.3. The maximum absolute atomic E-state index is 14.0. The fourth-order valence-corrected chi connectivity index (χ4v) is 7.58. The predicted molar refractivity (Wildman–Crippen MR) is 171 cm³/mol. The van der Waals surface area contributed by atoms with Crippen LogP contribution in [0.4, 0.5) is 13.2 Å². The average Bonchev–Trinajstić information content (AvgIpc) is 3.32. The standard InChI is InChI=1S/C33H51ClF3NO5Si/c1-9-42-29(40)24(3)14-16-26-12-10-19-32(38(26)30(41)33(35,36)37)20-11-13-28(32)23(2)15-17-27(39)22-25(34)18-21-43-44(7,8)31(4,5)6/h14-15,17,22-23,26,28H,9-13,16,18-21H2,1-8H3/b17-15+,24-14+,25-22-/t23-,26-,28-,32-/m1/s1. The monoisotopic (exact) mass is 661 g/mol. The highest BCUT2D eigenvalue weighted by atomic mass is 35.5. The summed E-state index contributed by atoms with van der Waals surface area (Å²) >= 11 is 6.34. The van der Waals surface area contributed by atoms with Crippen molar-refractivity contribution in [2.24, 2.45) is 11.8 Å². The number of allylic oxidation sites excluding steroid dienone is 3. The molecule has 11 heteroatoms. The molecule has 1 amide bonds. The first-order valence-corrected chi connectivity index (χ1v) is 19.0. The van der Waals surface area contributed by atoms with Gasteiger partial charge in [0.1, 0.15) is 0 Å². The molecule has 0 aromatic heterocycles. The van der Waals surface area contributed by atoms with Crippen molar-refractivity contribution in [1.29, 1.82) is 0 Å². The van der Waals surface area contributed by atoms with E-state index in [1.807, 2.05) is 6.92 Å². The summed E-state index contributed by atoms with van der Waals surface area (Å²) in [6.45, 7) is 16.5. The molecule has 1 saturated heterocycles. The number of nitrogens with zero attached hydrogens (tertiary/aromatic N) is 1. The maximum Gasteiger partial charge on any atom is 0.471 e. The van der Waals surface area contributed by atoms with Crippen molar-refractivity contribution < 1.29 is 36.7 Å². The maximum atomic E-state index is 14.0. The lowest BCUT2D eigenvalue weighted by molar-refractivity contribution is -0.201. The minimum atomic E-state index is -5.03. The van der Waals surface area contributed by atoms with E-state index >= 15 is 0 Å². The molecule has 0 aromatic carbocycles. The van der Waals surface area contributed by atoms with E-state index in [0.717, 1.165) is 4.90 Å². The van der Waals surface area contributed by atoms with Crippen LogP contribution in [0, 0.1) is 11.8 Å². The molecule has 4 atom stereocenters. The van der Waals surface area contributed by atoms with Gasteiger partial charge in [0.2, 0.25) is 0 Å². The molecule has 0 unspecified atom stereocenters. The third-order valence-electron chi connectivity index (χ3n) is 9.67. The molecule has 0 aromatic rings. The molecule has 1 heterocycles. The summed E-state index contributed by atoms with van der Waals surface area (Å²) < 4.78 is 53.2. The number of piperidine rings is 1. The summed E-state index contributed by atoms with van der Waals surface area (Å²) in [7, 11) is -1.93. The Kier molecular flexibility index (Phi) is 13.6. The molecule has 44 heavy (non-hydrogen) atoms. The minimum absolute atomic E-state index is 0.0619. The quantitative estimate of drug-likeness (QED) is 0.119. The molecule has 2 rings (SSSR count). The molecule has 0 radical (unpaired) electrons. The summed E-state index contributed by atoms with van der Waals surface area (Å²) in [5.41, 5.74) is -0.676. The minimum Gasteiger partial charge on any atom is -0.463 e. The van der Waals surface area contributed by atoms with Crippen LogP contribution >= 0.6 is 11.6 Å². The van der Waals surface area contributed by atoms with Gasteiger partial charge in [-0.15, -0.1) is 0 Å². The van der Waals surface area contributed by atoms with E-state index in [2.05, 4.69) is 33.9 Å². The lowest BCUT2D eigenvalue weighted by Gasteiger charge is -2.54. The Hall–Kier alpha value is -1.91. The molecule has 1 aliphatic heterocycles. The van der Waals surface area contributed by atoms with Gasteiger partial charge in [0, 0.05) is 41.3 Å². The Morgan fingerprint density at radius 1 is 1.11 bits per heavy atom. The van der Waals surface area contributed by atoms with Crippen molar-refractivity contribution in [1.82, 2.24) is 4.90 Å². The number of rotatable bonds is 12. The second-order valence-corrected chi connectivity index (χ2v) is 19.0. The lowest BCUT2D eigenvalue weighted by Crippen LogP contribution is -2.64. The van der Waals surface area contributed by atoms with Gasteiger partial charge in [-0.3, -0.25) is 9.59 Å². The first-order chi connectivity index (χ1) is 20.3. The van der Waals surface area contributed by atoms with Crippen molar-refractivity contribution >= 4 is 37.6 Å². The highest BCUT2D eigenvalue weighted by Crippen LogP contribution is 2.52. The zero-order chi connectivity index (χ0) is 33.5. The summed E-state index contributed by atoms with van der Waals surface area (Å²) in [4.78, 5) is 38.9. The molecule has 0 N–H and O–H groups in total. The summed E-state index contributed by atoms with van der Waals surface area (Å²) in [5.74, 6) is -3.17. The number of amides is 1. The Balaban J connectivity index is 2.23. The first-order valence-electron chi connectivity index (χ1n) is 15.7. The lowest BCUT2D eigenvalue weighted by atomic mass is 9.70. The van der Waals surface area contributed by atoms with Gasteiger partial charge in [-0.05, 0) is 88.4 Å². The van der Waals surface area contributed by atoms with Gasteiger partial charge in [0.25, 0.3) is 0 Å². The Bertz CT molecular complexity index is 1130. The van der Waals surface area contributed by atoms with Gasteiger partial charge >= 0.3 is 18.1 Å². The van der Waals surface area contributed by atoms with Crippen LogP contribution in [-0.2, 0) is 23.5 Å². The molecule has 1 spiro atoms. The van der Waals surface area contributed by atoms with Crippen molar-refractivity contribution in [3.63, 3.8) is 0 Å². The smallest absolute Gasteiger partial charge is 0.463 e. The SMILES string of the molecule is CCOC(=O)/C(C)=C/C[C@H]1CCC[C@]2(CCC[C@@H]2[C@H](C)/C=C/C(=O)/C=C(\Cl)CCO[Si](C)(C)C(C)(C)C)N1C(=O)C(F)(F)F. The number of hydrogen-bond donors (Lipinski definition) is 0. The van der Waals surface area contributed by atoms with Crippen LogP contribution in [0.15, 0.2) is 34.9 Å². The number of ketones is 1. The van der Waals surface area contributed by atoms with Crippen molar-refractivity contribution in [3.05, 3.63) is 34.9 Å². The predicted octanol–water partition coefficient (Wildman–Crippen LogP) is 8.66. The zero-order valence-electron chi connectivity index (χ0n) is 27.6. The zero-order valence-corrected chi connectivity index (χ0v) is 29.4. The topological polar surface area (TPSA) is 72.9 Å². The van der Waals surface area contributed by atoms with Gasteiger partial charge in [-0.1, -0.05) is 57.9 Å². The number of likely N-dealkylation sites (tertiary alicyclic amines) is 1. The average molecular weight is 662 g/mol. The number of carbonyl (C=O) groups excluding carboxylic acids is 3. The number of carbonyl (C=O) groups is 3. The Labute approximate surface area is 267 Å². The number of esters is 1. The fraction of sp³-hybridized carbons (Fsp3) is 0.727. The van der Waals surface area contributed by atoms with Crippen LogP contribution in [0.1, 0.15) is 92.9 Å². The number of alkyl halides is 3. The second-order valence-electron chi connectivity index (χ2n) is 13.7. The van der Waals surface area contributed by atoms with Crippen LogP contribution in [0.2, 0.25) is 18.1 Å². The number of hydrogen-bond acceptors (Lipinski definition) is 5. The fourth-order valence-electron chi connectivity index (χ4n) is 6.35. The third-order valence-corrected chi connectivity index (χ3v) is 14.5. The van der Waals surface area contributed by atoms with E-state index in [4.69, 9.17) is 20.8 Å². The second kappa shape index (κ2) is 15.6. The molecule has 6 nitrogen and oxygen atoms in total. The van der Waals surface area contributed by atoms with Crippen molar-refractivity contribution in [2.45, 2.75) is 129 Å². The molecule has 1 saturated carbocycles. The van der Waals surface area contributed by atoms with E-state index in [1.165, 1.54) is 12.2 Å². The van der Waals surface area contributed by atoms with Gasteiger partial charge in [-0.25, -0.2) is 4.79 Å². The van der Waals surface area contributed by atoms with Crippen LogP contribution in [0.25, 0.3) is 0 Å². The van der Waals surface area contributed by atoms with E-state index in [-0.39, 0.29) is 35.7 Å². The normalized spacial score (nSPS) is 24.7. The van der Waals surface area contributed by atoms with Crippen LogP contribution < -0.4 is 0 Å².